The summed E-state index contributed by atoms with van der Waals surface area (Å²) in [5.74, 6) is 1.23. The lowest BCUT2D eigenvalue weighted by molar-refractivity contribution is -0.152. The van der Waals surface area contributed by atoms with Crippen LogP contribution in [-0.4, -0.2) is 17.7 Å². The van der Waals surface area contributed by atoms with Crippen LogP contribution >= 0.6 is 0 Å². The van der Waals surface area contributed by atoms with Crippen molar-refractivity contribution in [1.82, 2.24) is 0 Å². The quantitative estimate of drug-likeness (QED) is 0.623. The van der Waals surface area contributed by atoms with Gasteiger partial charge in [-0.05, 0) is 12.5 Å². The molecule has 3 heteroatoms. The van der Waals surface area contributed by atoms with Gasteiger partial charge in [0.15, 0.2) is 0 Å². The van der Waals surface area contributed by atoms with E-state index in [1.807, 2.05) is 6.07 Å². The molecule has 0 saturated carbocycles. The van der Waals surface area contributed by atoms with Crippen LogP contribution in [0.3, 0.4) is 0 Å². The number of rotatable bonds is 5. The highest BCUT2D eigenvalue weighted by Crippen LogP contribution is 2.25. The molecular weight excluding hydrogens is 216 g/mol. The fourth-order valence-corrected chi connectivity index (χ4v) is 1.58. The van der Waals surface area contributed by atoms with Crippen LogP contribution < -0.4 is 0 Å². The summed E-state index contributed by atoms with van der Waals surface area (Å²) in [6.07, 6.45) is 4.45. The highest BCUT2D eigenvalue weighted by molar-refractivity contribution is 5.73. The van der Waals surface area contributed by atoms with E-state index >= 15 is 0 Å². The van der Waals surface area contributed by atoms with Crippen LogP contribution in [0.1, 0.15) is 25.0 Å². The number of aliphatic hydroxyl groups excluding tert-OH is 1. The Bertz CT molecular complexity index is 392. The number of ether oxygens (including phenoxy) is 1. The van der Waals surface area contributed by atoms with Crippen molar-refractivity contribution in [3.8, 4) is 12.3 Å². The number of benzene rings is 1. The lowest BCUT2D eigenvalue weighted by atomic mass is 9.93. The number of carbonyl (C=O) groups excluding carboxylic acids is 1. The molecule has 0 spiro atoms. The first-order chi connectivity index (χ1) is 8.20. The van der Waals surface area contributed by atoms with Gasteiger partial charge in [-0.3, -0.25) is 4.79 Å². The van der Waals surface area contributed by atoms with Crippen molar-refractivity contribution in [2.24, 2.45) is 5.92 Å². The van der Waals surface area contributed by atoms with Gasteiger partial charge in [0.2, 0.25) is 0 Å². The normalized spacial score (nSPS) is 13.5. The Morgan fingerprint density at radius 3 is 2.65 bits per heavy atom. The molecule has 0 unspecified atom stereocenters. The van der Waals surface area contributed by atoms with Gasteiger partial charge in [-0.15, -0.1) is 12.3 Å². The van der Waals surface area contributed by atoms with Crippen LogP contribution in [0.25, 0.3) is 0 Å². The number of hydrogen-bond donors (Lipinski definition) is 1. The molecule has 1 aromatic carbocycles. The first kappa shape index (κ1) is 13.3. The standard InChI is InChI=1S/C14H16O3/c1-3-8-12(14(16)17-4-2)13(15)11-9-6-5-7-10-11/h1,5-7,9-10,12-13,15H,4,8H2,2H3/t12-,13+/m0/s1. The van der Waals surface area contributed by atoms with Gasteiger partial charge in [0.05, 0.1) is 18.6 Å². The Balaban J connectivity index is 2.84. The SMILES string of the molecule is C#CC[C@H](C(=O)OCC)[C@H](O)c1ccccc1. The van der Waals surface area contributed by atoms with E-state index in [1.165, 1.54) is 0 Å². The van der Waals surface area contributed by atoms with E-state index in [2.05, 4.69) is 5.92 Å². The second-order valence-electron chi connectivity index (χ2n) is 3.62. The van der Waals surface area contributed by atoms with Crippen LogP contribution in [0.2, 0.25) is 0 Å². The van der Waals surface area contributed by atoms with Crippen molar-refractivity contribution in [3.05, 3.63) is 35.9 Å². The lowest BCUT2D eigenvalue weighted by Gasteiger charge is -2.19. The fraction of sp³-hybridized carbons (Fsp3) is 0.357. The van der Waals surface area contributed by atoms with Gasteiger partial charge in [0.25, 0.3) is 0 Å². The lowest BCUT2D eigenvalue weighted by Crippen LogP contribution is -2.24. The predicted octanol–water partition coefficient (Wildman–Crippen LogP) is 1.92. The summed E-state index contributed by atoms with van der Waals surface area (Å²) in [5.41, 5.74) is 0.667. The zero-order valence-electron chi connectivity index (χ0n) is 9.80. The molecule has 1 aromatic rings. The molecule has 3 nitrogen and oxygen atoms in total. The van der Waals surface area contributed by atoms with Gasteiger partial charge in [0.1, 0.15) is 0 Å². The third-order valence-corrected chi connectivity index (χ3v) is 2.45. The van der Waals surface area contributed by atoms with Crippen molar-refractivity contribution in [3.63, 3.8) is 0 Å². The number of carbonyl (C=O) groups is 1. The van der Waals surface area contributed by atoms with Crippen LogP contribution in [0, 0.1) is 18.3 Å². The molecule has 0 saturated heterocycles. The van der Waals surface area contributed by atoms with E-state index in [1.54, 1.807) is 31.2 Å². The van der Waals surface area contributed by atoms with Crippen molar-refractivity contribution in [2.45, 2.75) is 19.4 Å². The van der Waals surface area contributed by atoms with E-state index in [4.69, 9.17) is 11.2 Å². The molecule has 1 N–H and O–H groups in total. The molecule has 0 aliphatic heterocycles. The van der Waals surface area contributed by atoms with Crippen molar-refractivity contribution < 1.29 is 14.6 Å². The average Bonchev–Trinajstić information content (AvgIpc) is 2.36. The van der Waals surface area contributed by atoms with Crippen LogP contribution in [0.15, 0.2) is 30.3 Å². The minimum absolute atomic E-state index is 0.162. The van der Waals surface area contributed by atoms with E-state index < -0.39 is 18.0 Å². The number of esters is 1. The maximum absolute atomic E-state index is 11.7. The molecular formula is C14H16O3. The minimum Gasteiger partial charge on any atom is -0.466 e. The molecule has 0 fully saturated rings. The smallest absolute Gasteiger partial charge is 0.312 e. The molecule has 90 valence electrons. The average molecular weight is 232 g/mol. The second kappa shape index (κ2) is 6.72. The van der Waals surface area contributed by atoms with E-state index in [-0.39, 0.29) is 13.0 Å². The summed E-state index contributed by atoms with van der Waals surface area (Å²) in [7, 11) is 0. The van der Waals surface area contributed by atoms with Gasteiger partial charge in [0, 0.05) is 6.42 Å². The van der Waals surface area contributed by atoms with Gasteiger partial charge >= 0.3 is 5.97 Å². The van der Waals surface area contributed by atoms with Crippen LogP contribution in [-0.2, 0) is 9.53 Å². The van der Waals surface area contributed by atoms with Crippen molar-refractivity contribution in [1.29, 1.82) is 0 Å². The third kappa shape index (κ3) is 3.61. The number of terminal acetylenes is 1. The van der Waals surface area contributed by atoms with Crippen LogP contribution in [0.5, 0.6) is 0 Å². The summed E-state index contributed by atoms with van der Waals surface area (Å²) in [6.45, 7) is 2.00. The van der Waals surface area contributed by atoms with Crippen molar-refractivity contribution >= 4 is 5.97 Å². The molecule has 2 atom stereocenters. The molecule has 0 aliphatic carbocycles. The predicted molar refractivity (Wildman–Crippen MR) is 65.0 cm³/mol. The topological polar surface area (TPSA) is 46.5 Å². The largest absolute Gasteiger partial charge is 0.466 e. The monoisotopic (exact) mass is 232 g/mol. The Morgan fingerprint density at radius 1 is 1.47 bits per heavy atom. The van der Waals surface area contributed by atoms with Crippen molar-refractivity contribution in [2.75, 3.05) is 6.61 Å². The van der Waals surface area contributed by atoms with Gasteiger partial charge in [-0.2, -0.15) is 0 Å². The van der Waals surface area contributed by atoms with Gasteiger partial charge in [-0.25, -0.2) is 0 Å². The summed E-state index contributed by atoms with van der Waals surface area (Å²) in [5, 5.41) is 10.1. The highest BCUT2D eigenvalue weighted by Gasteiger charge is 2.28. The number of aliphatic hydroxyl groups is 1. The van der Waals surface area contributed by atoms with E-state index in [0.717, 1.165) is 0 Å². The Hall–Kier alpha value is -1.79. The molecule has 17 heavy (non-hydrogen) atoms. The first-order valence-corrected chi connectivity index (χ1v) is 5.53. The maximum atomic E-state index is 11.7. The van der Waals surface area contributed by atoms with E-state index in [9.17, 15) is 9.90 Å². The van der Waals surface area contributed by atoms with Crippen LogP contribution in [0.4, 0.5) is 0 Å². The minimum atomic E-state index is -0.925. The zero-order valence-corrected chi connectivity index (χ0v) is 9.80. The summed E-state index contributed by atoms with van der Waals surface area (Å²) >= 11 is 0. The molecule has 0 heterocycles. The molecule has 0 aromatic heterocycles. The first-order valence-electron chi connectivity index (χ1n) is 5.53. The van der Waals surface area contributed by atoms with E-state index in [0.29, 0.717) is 5.56 Å². The maximum Gasteiger partial charge on any atom is 0.312 e. The summed E-state index contributed by atoms with van der Waals surface area (Å²) in [6, 6.07) is 8.96. The number of hydrogen-bond acceptors (Lipinski definition) is 3. The summed E-state index contributed by atoms with van der Waals surface area (Å²) < 4.78 is 4.90. The van der Waals surface area contributed by atoms with Gasteiger partial charge in [-0.1, -0.05) is 30.3 Å². The summed E-state index contributed by atoms with van der Waals surface area (Å²) in [4.78, 5) is 11.7. The van der Waals surface area contributed by atoms with Gasteiger partial charge < -0.3 is 9.84 Å². The molecule has 0 radical (unpaired) electrons. The third-order valence-electron chi connectivity index (χ3n) is 2.45. The fourth-order valence-electron chi connectivity index (χ4n) is 1.58. The molecule has 0 amide bonds. The highest BCUT2D eigenvalue weighted by atomic mass is 16.5. The molecule has 1 rings (SSSR count). The second-order valence-corrected chi connectivity index (χ2v) is 3.62. The molecule has 0 aliphatic rings. The Kier molecular flexibility index (Phi) is 5.25. The Labute approximate surface area is 101 Å². The molecule has 0 bridgehead atoms. The Morgan fingerprint density at radius 2 is 2.12 bits per heavy atom. The zero-order chi connectivity index (χ0) is 12.7.